The summed E-state index contributed by atoms with van der Waals surface area (Å²) in [5, 5.41) is 8.90. The lowest BCUT2D eigenvalue weighted by molar-refractivity contribution is 0.0598. The monoisotopic (exact) mass is 357 g/mol. The van der Waals surface area contributed by atoms with Crippen molar-refractivity contribution in [2.75, 3.05) is 20.2 Å². The van der Waals surface area contributed by atoms with Crippen molar-refractivity contribution in [1.29, 1.82) is 0 Å². The van der Waals surface area contributed by atoms with Crippen molar-refractivity contribution in [3.05, 3.63) is 28.2 Å². The molecular formula is C14H16BrNO5. The lowest BCUT2D eigenvalue weighted by Crippen LogP contribution is -2.41. The number of hydrogen-bond acceptors (Lipinski definition) is 4. The van der Waals surface area contributed by atoms with Gasteiger partial charge in [0.05, 0.1) is 12.7 Å². The second-order valence-electron chi connectivity index (χ2n) is 4.75. The highest BCUT2D eigenvalue weighted by molar-refractivity contribution is 9.10. The van der Waals surface area contributed by atoms with Gasteiger partial charge in [0, 0.05) is 30.4 Å². The Balaban J connectivity index is 2.02. The first kappa shape index (κ1) is 15.6. The van der Waals surface area contributed by atoms with E-state index in [-0.39, 0.29) is 6.10 Å². The molecule has 1 fully saturated rings. The Morgan fingerprint density at radius 1 is 1.29 bits per heavy atom. The number of hydrogen-bond donors (Lipinski definition) is 1. The molecule has 0 bridgehead atoms. The van der Waals surface area contributed by atoms with E-state index in [1.165, 1.54) is 12.0 Å². The van der Waals surface area contributed by atoms with Crippen molar-refractivity contribution in [3.63, 3.8) is 0 Å². The number of halogens is 1. The third-order valence-corrected chi connectivity index (χ3v) is 3.77. The molecular weight excluding hydrogens is 342 g/mol. The zero-order valence-electron chi connectivity index (χ0n) is 11.5. The fourth-order valence-corrected chi connectivity index (χ4v) is 2.70. The minimum Gasteiger partial charge on any atom is -0.490 e. The van der Waals surface area contributed by atoms with Crippen LogP contribution in [0.4, 0.5) is 4.79 Å². The average molecular weight is 358 g/mol. The summed E-state index contributed by atoms with van der Waals surface area (Å²) in [5.74, 6) is 0.139. The molecule has 1 aromatic rings. The zero-order valence-corrected chi connectivity index (χ0v) is 13.1. The Kier molecular flexibility index (Phi) is 5.06. The second kappa shape index (κ2) is 6.80. The predicted molar refractivity (Wildman–Crippen MR) is 78.7 cm³/mol. The van der Waals surface area contributed by atoms with Crippen LogP contribution in [0.1, 0.15) is 23.2 Å². The van der Waals surface area contributed by atoms with Crippen LogP contribution in [-0.2, 0) is 4.74 Å². The molecule has 0 aliphatic carbocycles. The molecule has 1 aliphatic rings. The Hall–Kier alpha value is -1.76. The topological polar surface area (TPSA) is 76.1 Å². The summed E-state index contributed by atoms with van der Waals surface area (Å²) in [6.45, 7) is 0.912. The maximum atomic E-state index is 11.6. The van der Waals surface area contributed by atoms with Crippen LogP contribution in [0.15, 0.2) is 22.7 Å². The van der Waals surface area contributed by atoms with Crippen molar-refractivity contribution >= 4 is 28.0 Å². The maximum absolute atomic E-state index is 11.6. The molecule has 21 heavy (non-hydrogen) atoms. The number of amides is 1. The lowest BCUT2D eigenvalue weighted by Gasteiger charge is -2.30. The molecule has 1 N–H and O–H groups in total. The molecule has 114 valence electrons. The third-order valence-electron chi connectivity index (χ3n) is 3.31. The molecule has 1 aliphatic heterocycles. The highest BCUT2D eigenvalue weighted by Crippen LogP contribution is 2.25. The molecule has 0 spiro atoms. The molecule has 1 amide bonds. The van der Waals surface area contributed by atoms with Crippen molar-refractivity contribution in [2.24, 2.45) is 0 Å². The molecule has 0 unspecified atom stereocenters. The zero-order chi connectivity index (χ0) is 15.4. The number of benzene rings is 1. The molecule has 6 nitrogen and oxygen atoms in total. The molecule has 1 heterocycles. The SMILES string of the molecule is COC(=O)c1cc(Br)cc(OC2CCN(C(=O)O)CC2)c1. The standard InChI is InChI=1S/C14H16BrNO5/c1-20-13(17)9-6-10(15)8-12(7-9)21-11-2-4-16(5-3-11)14(18)19/h6-8,11H,2-5H2,1H3,(H,18,19). The second-order valence-corrected chi connectivity index (χ2v) is 5.67. The Morgan fingerprint density at radius 2 is 1.95 bits per heavy atom. The van der Waals surface area contributed by atoms with E-state index in [1.807, 2.05) is 0 Å². The van der Waals surface area contributed by atoms with Gasteiger partial charge in [0.1, 0.15) is 11.9 Å². The van der Waals surface area contributed by atoms with Gasteiger partial charge in [0.15, 0.2) is 0 Å². The van der Waals surface area contributed by atoms with Crippen molar-refractivity contribution in [1.82, 2.24) is 4.90 Å². The third kappa shape index (κ3) is 4.10. The van der Waals surface area contributed by atoms with Gasteiger partial charge in [0.2, 0.25) is 0 Å². The largest absolute Gasteiger partial charge is 0.490 e. The Morgan fingerprint density at radius 3 is 2.52 bits per heavy atom. The van der Waals surface area contributed by atoms with Crippen LogP contribution in [0.2, 0.25) is 0 Å². The molecule has 0 saturated carbocycles. The van der Waals surface area contributed by atoms with Crippen molar-refractivity contribution in [3.8, 4) is 5.75 Å². The number of carboxylic acid groups (broad SMARTS) is 1. The molecule has 0 aromatic heterocycles. The summed E-state index contributed by atoms with van der Waals surface area (Å²) in [7, 11) is 1.32. The average Bonchev–Trinajstić information content (AvgIpc) is 2.46. The van der Waals surface area contributed by atoms with Gasteiger partial charge in [-0.2, -0.15) is 0 Å². The molecule has 1 saturated heterocycles. The first-order chi connectivity index (χ1) is 9.99. The quantitative estimate of drug-likeness (QED) is 0.841. The van der Waals surface area contributed by atoms with Crippen LogP contribution < -0.4 is 4.74 Å². The minimum atomic E-state index is -0.899. The van der Waals surface area contributed by atoms with Gasteiger partial charge < -0.3 is 19.5 Å². The Labute approximate surface area is 130 Å². The number of ether oxygens (including phenoxy) is 2. The summed E-state index contributed by atoms with van der Waals surface area (Å²) in [4.78, 5) is 23.8. The van der Waals surface area contributed by atoms with Gasteiger partial charge in [-0.3, -0.25) is 0 Å². The predicted octanol–water partition coefficient (Wildman–Crippen LogP) is 2.76. The van der Waals surface area contributed by atoms with Gasteiger partial charge in [-0.05, 0) is 18.2 Å². The van der Waals surface area contributed by atoms with Crippen LogP contribution in [-0.4, -0.2) is 48.4 Å². The first-order valence-corrected chi connectivity index (χ1v) is 7.32. The fourth-order valence-electron chi connectivity index (χ4n) is 2.22. The number of carbonyl (C=O) groups is 2. The normalized spacial score (nSPS) is 15.6. The maximum Gasteiger partial charge on any atom is 0.407 e. The molecule has 0 atom stereocenters. The first-order valence-electron chi connectivity index (χ1n) is 6.53. The number of nitrogens with zero attached hydrogens (tertiary/aromatic N) is 1. The van der Waals surface area contributed by atoms with E-state index < -0.39 is 12.1 Å². The molecule has 1 aromatic carbocycles. The summed E-state index contributed by atoms with van der Waals surface area (Å²) in [5.41, 5.74) is 0.407. The number of likely N-dealkylation sites (tertiary alicyclic amines) is 1. The van der Waals surface area contributed by atoms with E-state index in [1.54, 1.807) is 18.2 Å². The molecule has 2 rings (SSSR count). The Bertz CT molecular complexity index is 540. The highest BCUT2D eigenvalue weighted by Gasteiger charge is 2.23. The van der Waals surface area contributed by atoms with Gasteiger partial charge in [0.25, 0.3) is 0 Å². The summed E-state index contributed by atoms with van der Waals surface area (Å²) in [6.07, 6.45) is 0.308. The van der Waals surface area contributed by atoms with Crippen LogP contribution in [0.3, 0.4) is 0 Å². The number of carbonyl (C=O) groups excluding carboxylic acids is 1. The van der Waals surface area contributed by atoms with E-state index in [0.29, 0.717) is 37.2 Å². The van der Waals surface area contributed by atoms with E-state index in [2.05, 4.69) is 20.7 Å². The van der Waals surface area contributed by atoms with Crippen LogP contribution in [0.25, 0.3) is 0 Å². The molecule has 7 heteroatoms. The molecule has 0 radical (unpaired) electrons. The van der Waals surface area contributed by atoms with Gasteiger partial charge >= 0.3 is 12.1 Å². The highest BCUT2D eigenvalue weighted by atomic mass is 79.9. The van der Waals surface area contributed by atoms with Crippen LogP contribution in [0.5, 0.6) is 5.75 Å². The lowest BCUT2D eigenvalue weighted by atomic mass is 10.1. The van der Waals surface area contributed by atoms with E-state index >= 15 is 0 Å². The minimum absolute atomic E-state index is 0.0552. The fraction of sp³-hybridized carbons (Fsp3) is 0.429. The van der Waals surface area contributed by atoms with Gasteiger partial charge in [-0.25, -0.2) is 9.59 Å². The smallest absolute Gasteiger partial charge is 0.407 e. The van der Waals surface area contributed by atoms with Gasteiger partial charge in [-0.15, -0.1) is 0 Å². The van der Waals surface area contributed by atoms with Gasteiger partial charge in [-0.1, -0.05) is 15.9 Å². The summed E-state index contributed by atoms with van der Waals surface area (Å²) in [6, 6.07) is 5.06. The number of rotatable bonds is 3. The van der Waals surface area contributed by atoms with Crippen molar-refractivity contribution < 1.29 is 24.2 Å². The summed E-state index contributed by atoms with van der Waals surface area (Å²) < 4.78 is 11.3. The van der Waals surface area contributed by atoms with E-state index in [9.17, 15) is 9.59 Å². The van der Waals surface area contributed by atoms with E-state index in [0.717, 1.165) is 4.47 Å². The van der Waals surface area contributed by atoms with Crippen LogP contribution in [0, 0.1) is 0 Å². The van der Waals surface area contributed by atoms with Crippen LogP contribution >= 0.6 is 15.9 Å². The number of esters is 1. The summed E-state index contributed by atoms with van der Waals surface area (Å²) >= 11 is 3.33. The van der Waals surface area contributed by atoms with E-state index in [4.69, 9.17) is 9.84 Å². The number of piperidine rings is 1. The number of methoxy groups -OCH3 is 1. The van der Waals surface area contributed by atoms with Crippen molar-refractivity contribution in [2.45, 2.75) is 18.9 Å².